The van der Waals surface area contributed by atoms with Crippen LogP contribution < -0.4 is 4.90 Å². The van der Waals surface area contributed by atoms with E-state index in [1.165, 1.54) is 16.7 Å². The van der Waals surface area contributed by atoms with E-state index in [1.54, 1.807) is 0 Å². The SMILES string of the molecule is Cc1ccc(N2C[C@@H](c3nc4ccccc4n3Cc3ccc(C(C)C)cc3)CC2=O)cc1. The summed E-state index contributed by atoms with van der Waals surface area (Å²) in [4.78, 5) is 19.8. The molecule has 0 unspecified atom stereocenters. The van der Waals surface area contributed by atoms with Crippen molar-refractivity contribution in [3.63, 3.8) is 0 Å². The molecule has 32 heavy (non-hydrogen) atoms. The maximum Gasteiger partial charge on any atom is 0.227 e. The molecule has 4 heteroatoms. The van der Waals surface area contributed by atoms with Gasteiger partial charge in [0, 0.05) is 31.1 Å². The largest absolute Gasteiger partial charge is 0.323 e. The summed E-state index contributed by atoms with van der Waals surface area (Å²) in [6.45, 7) is 7.91. The molecule has 162 valence electrons. The number of nitrogens with zero attached hydrogens (tertiary/aromatic N) is 3. The summed E-state index contributed by atoms with van der Waals surface area (Å²) in [6.07, 6.45) is 0.490. The Balaban J connectivity index is 1.49. The Morgan fingerprint density at radius 2 is 1.69 bits per heavy atom. The van der Waals surface area contributed by atoms with Crippen LogP contribution in [0.5, 0.6) is 0 Å². The third-order valence-electron chi connectivity index (χ3n) is 6.51. The average Bonchev–Trinajstić information content (AvgIpc) is 3.35. The number of aromatic nitrogens is 2. The van der Waals surface area contributed by atoms with Crippen molar-refractivity contribution >= 4 is 22.6 Å². The minimum Gasteiger partial charge on any atom is -0.323 e. The topological polar surface area (TPSA) is 38.1 Å². The number of para-hydroxylation sites is 2. The normalized spacial score (nSPS) is 16.4. The Morgan fingerprint density at radius 3 is 2.41 bits per heavy atom. The summed E-state index contributed by atoms with van der Waals surface area (Å²) in [5.41, 5.74) is 6.87. The van der Waals surface area contributed by atoms with Crippen molar-refractivity contribution in [2.24, 2.45) is 0 Å². The molecule has 0 N–H and O–H groups in total. The van der Waals surface area contributed by atoms with Gasteiger partial charge in [-0.15, -0.1) is 0 Å². The molecule has 0 radical (unpaired) electrons. The van der Waals surface area contributed by atoms with Gasteiger partial charge >= 0.3 is 0 Å². The van der Waals surface area contributed by atoms with E-state index in [1.807, 2.05) is 23.1 Å². The molecule has 2 heterocycles. The van der Waals surface area contributed by atoms with Crippen molar-refractivity contribution in [1.29, 1.82) is 0 Å². The summed E-state index contributed by atoms with van der Waals surface area (Å²) >= 11 is 0. The van der Waals surface area contributed by atoms with Gasteiger partial charge in [-0.05, 0) is 48.2 Å². The number of hydrogen-bond donors (Lipinski definition) is 0. The van der Waals surface area contributed by atoms with Gasteiger partial charge in [-0.25, -0.2) is 4.98 Å². The maximum absolute atomic E-state index is 12.9. The highest BCUT2D eigenvalue weighted by molar-refractivity contribution is 5.96. The average molecular weight is 424 g/mol. The molecule has 0 spiro atoms. The van der Waals surface area contributed by atoms with Gasteiger partial charge in [0.2, 0.25) is 5.91 Å². The van der Waals surface area contributed by atoms with Crippen LogP contribution in [-0.4, -0.2) is 22.0 Å². The number of imidazole rings is 1. The lowest BCUT2D eigenvalue weighted by Gasteiger charge is -2.18. The van der Waals surface area contributed by atoms with E-state index in [0.717, 1.165) is 29.1 Å². The van der Waals surface area contributed by atoms with E-state index in [9.17, 15) is 4.79 Å². The molecule has 4 aromatic rings. The smallest absolute Gasteiger partial charge is 0.227 e. The number of aryl methyl sites for hydroxylation is 1. The number of anilines is 1. The first-order valence-electron chi connectivity index (χ1n) is 11.4. The van der Waals surface area contributed by atoms with E-state index in [4.69, 9.17) is 4.98 Å². The fourth-order valence-corrected chi connectivity index (χ4v) is 4.62. The van der Waals surface area contributed by atoms with E-state index < -0.39 is 0 Å². The molecule has 0 aliphatic carbocycles. The first-order valence-corrected chi connectivity index (χ1v) is 11.4. The number of amides is 1. The van der Waals surface area contributed by atoms with Crippen molar-refractivity contribution < 1.29 is 4.79 Å². The molecule has 1 atom stereocenters. The zero-order valence-corrected chi connectivity index (χ0v) is 19.0. The Kier molecular flexibility index (Phi) is 5.30. The zero-order valence-electron chi connectivity index (χ0n) is 19.0. The van der Waals surface area contributed by atoms with Gasteiger partial charge in [-0.3, -0.25) is 4.79 Å². The van der Waals surface area contributed by atoms with Crippen LogP contribution in [0.2, 0.25) is 0 Å². The van der Waals surface area contributed by atoms with Gasteiger partial charge < -0.3 is 9.47 Å². The van der Waals surface area contributed by atoms with Gasteiger partial charge in [0.1, 0.15) is 5.82 Å². The lowest BCUT2D eigenvalue weighted by molar-refractivity contribution is -0.117. The van der Waals surface area contributed by atoms with E-state index in [2.05, 4.69) is 79.9 Å². The number of hydrogen-bond acceptors (Lipinski definition) is 2. The fourth-order valence-electron chi connectivity index (χ4n) is 4.62. The summed E-state index contributed by atoms with van der Waals surface area (Å²) in [7, 11) is 0. The molecule has 1 saturated heterocycles. The quantitative estimate of drug-likeness (QED) is 0.393. The second kappa shape index (κ2) is 8.27. The minimum atomic E-state index is 0.0751. The van der Waals surface area contributed by atoms with E-state index in [0.29, 0.717) is 18.9 Å². The predicted octanol–water partition coefficient (Wildman–Crippen LogP) is 6.04. The first-order chi connectivity index (χ1) is 15.5. The highest BCUT2D eigenvalue weighted by Gasteiger charge is 2.34. The molecule has 0 bridgehead atoms. The number of carbonyl (C=O) groups is 1. The van der Waals surface area contributed by atoms with Gasteiger partial charge in [0.15, 0.2) is 0 Å². The van der Waals surface area contributed by atoms with Crippen LogP contribution in [0.1, 0.15) is 54.6 Å². The highest BCUT2D eigenvalue weighted by Crippen LogP contribution is 2.33. The van der Waals surface area contributed by atoms with E-state index in [-0.39, 0.29) is 11.8 Å². The third kappa shape index (κ3) is 3.81. The fraction of sp³-hybridized carbons (Fsp3) is 0.286. The Bertz CT molecular complexity index is 1250. The van der Waals surface area contributed by atoms with Crippen molar-refractivity contribution in [2.75, 3.05) is 11.4 Å². The summed E-state index contributed by atoms with van der Waals surface area (Å²) in [6, 6.07) is 25.3. The Labute approximate surface area is 189 Å². The minimum absolute atomic E-state index is 0.0751. The molecule has 1 fully saturated rings. The van der Waals surface area contributed by atoms with Gasteiger partial charge in [-0.2, -0.15) is 0 Å². The third-order valence-corrected chi connectivity index (χ3v) is 6.51. The van der Waals surface area contributed by atoms with Crippen LogP contribution >= 0.6 is 0 Å². The van der Waals surface area contributed by atoms with Crippen molar-refractivity contribution in [2.45, 2.75) is 45.6 Å². The Hall–Kier alpha value is -3.40. The summed E-state index contributed by atoms with van der Waals surface area (Å²) < 4.78 is 2.30. The number of carbonyl (C=O) groups excluding carboxylic acids is 1. The molecule has 1 aliphatic rings. The van der Waals surface area contributed by atoms with Crippen LogP contribution in [0.15, 0.2) is 72.8 Å². The molecule has 3 aromatic carbocycles. The van der Waals surface area contributed by atoms with Gasteiger partial charge in [0.05, 0.1) is 11.0 Å². The van der Waals surface area contributed by atoms with Crippen LogP contribution in [0, 0.1) is 6.92 Å². The first kappa shape index (κ1) is 20.5. The zero-order chi connectivity index (χ0) is 22.2. The lowest BCUT2D eigenvalue weighted by Crippen LogP contribution is -2.24. The number of rotatable bonds is 5. The lowest BCUT2D eigenvalue weighted by atomic mass is 10.0. The van der Waals surface area contributed by atoms with Crippen molar-refractivity contribution in [1.82, 2.24) is 9.55 Å². The molecular formula is C28H29N3O. The molecule has 5 rings (SSSR count). The highest BCUT2D eigenvalue weighted by atomic mass is 16.2. The predicted molar refractivity (Wildman–Crippen MR) is 130 cm³/mol. The summed E-state index contributed by atoms with van der Waals surface area (Å²) in [5, 5.41) is 0. The van der Waals surface area contributed by atoms with Crippen molar-refractivity contribution in [3.05, 3.63) is 95.3 Å². The van der Waals surface area contributed by atoms with Crippen LogP contribution in [0.4, 0.5) is 5.69 Å². The molecule has 1 amide bonds. The molecular weight excluding hydrogens is 394 g/mol. The second-order valence-corrected chi connectivity index (χ2v) is 9.18. The summed E-state index contributed by atoms with van der Waals surface area (Å²) in [5.74, 6) is 1.76. The monoisotopic (exact) mass is 423 g/mol. The molecule has 4 nitrogen and oxygen atoms in total. The van der Waals surface area contributed by atoms with Gasteiger partial charge in [0.25, 0.3) is 0 Å². The maximum atomic E-state index is 12.9. The second-order valence-electron chi connectivity index (χ2n) is 9.18. The van der Waals surface area contributed by atoms with Crippen LogP contribution in [-0.2, 0) is 11.3 Å². The van der Waals surface area contributed by atoms with Gasteiger partial charge in [-0.1, -0.05) is 67.9 Å². The molecule has 0 saturated carbocycles. The number of fused-ring (bicyclic) bond motifs is 1. The molecule has 1 aliphatic heterocycles. The van der Waals surface area contributed by atoms with E-state index >= 15 is 0 Å². The number of benzene rings is 3. The molecule has 1 aromatic heterocycles. The van der Waals surface area contributed by atoms with Crippen LogP contribution in [0.3, 0.4) is 0 Å². The van der Waals surface area contributed by atoms with Crippen LogP contribution in [0.25, 0.3) is 11.0 Å². The van der Waals surface area contributed by atoms with Crippen molar-refractivity contribution in [3.8, 4) is 0 Å². The Morgan fingerprint density at radius 1 is 0.969 bits per heavy atom. The standard InChI is InChI=1S/C28H29N3O/c1-19(2)22-12-10-21(11-13-22)17-31-26-7-5-4-6-25(26)29-28(31)23-16-27(32)30(18-23)24-14-8-20(3)9-15-24/h4-15,19,23H,16-18H2,1-3H3/t23-/m0/s1.